The van der Waals surface area contributed by atoms with Gasteiger partial charge in [0.15, 0.2) is 5.11 Å². The third-order valence-corrected chi connectivity index (χ3v) is 5.48. The molecule has 0 aliphatic heterocycles. The molecular weight excluding hydrogens is 448 g/mol. The number of carbonyl (C=O) groups is 2. The minimum Gasteiger partial charge on any atom is -0.493 e. The van der Waals surface area contributed by atoms with Gasteiger partial charge in [-0.05, 0) is 48.1 Å². The molecule has 0 saturated carbocycles. The van der Waals surface area contributed by atoms with E-state index in [-0.39, 0.29) is 11.0 Å². The minimum atomic E-state index is -0.396. The molecule has 0 atom stereocenters. The van der Waals surface area contributed by atoms with Crippen LogP contribution in [0.1, 0.15) is 26.3 Å². The number of thiocarbonyl (C=S) groups is 1. The van der Waals surface area contributed by atoms with Crippen molar-refractivity contribution in [3.05, 3.63) is 102 Å². The summed E-state index contributed by atoms with van der Waals surface area (Å²) in [5, 5.41) is 3.36. The summed E-state index contributed by atoms with van der Waals surface area (Å²) in [5.74, 6) is -0.0753. The predicted octanol–water partition coefficient (Wildman–Crippen LogP) is 3.75. The van der Waals surface area contributed by atoms with Crippen LogP contribution in [0.2, 0.25) is 0 Å². The molecular formula is C26H24N4O3S. The van der Waals surface area contributed by atoms with Crippen molar-refractivity contribution in [1.82, 2.24) is 20.7 Å². The standard InChI is InChI=1S/C26H24N4O3S/c1-30-17-22(21-9-5-6-10-23(21)30)25(32)28-29-26(34)27-24(31)19-11-13-20(14-12-19)33-16-15-18-7-3-2-4-8-18/h2-14,17H,15-16H2,1H3,(H,28,32)(H2,27,29,31,34). The van der Waals surface area contributed by atoms with Crippen LogP contribution in [-0.4, -0.2) is 28.1 Å². The van der Waals surface area contributed by atoms with Crippen LogP contribution in [-0.2, 0) is 13.5 Å². The number of aryl methyl sites for hydroxylation is 1. The second kappa shape index (κ2) is 10.6. The molecule has 3 aromatic carbocycles. The summed E-state index contributed by atoms with van der Waals surface area (Å²) in [6.07, 6.45) is 2.54. The fourth-order valence-electron chi connectivity index (χ4n) is 3.54. The van der Waals surface area contributed by atoms with E-state index in [0.29, 0.717) is 23.5 Å². The van der Waals surface area contributed by atoms with Crippen molar-refractivity contribution in [1.29, 1.82) is 0 Å². The van der Waals surface area contributed by atoms with Crippen molar-refractivity contribution in [2.75, 3.05) is 6.61 Å². The lowest BCUT2D eigenvalue weighted by Crippen LogP contribution is -2.48. The van der Waals surface area contributed by atoms with Crippen molar-refractivity contribution >= 4 is 40.0 Å². The topological polar surface area (TPSA) is 84.4 Å². The van der Waals surface area contributed by atoms with Crippen LogP contribution in [0.3, 0.4) is 0 Å². The molecule has 172 valence electrons. The Morgan fingerprint density at radius 1 is 0.882 bits per heavy atom. The fraction of sp³-hybridized carbons (Fsp3) is 0.115. The lowest BCUT2D eigenvalue weighted by Gasteiger charge is -2.11. The third-order valence-electron chi connectivity index (χ3n) is 5.28. The van der Waals surface area contributed by atoms with E-state index in [4.69, 9.17) is 17.0 Å². The lowest BCUT2D eigenvalue weighted by molar-refractivity contribution is 0.0935. The monoisotopic (exact) mass is 472 g/mol. The highest BCUT2D eigenvalue weighted by atomic mass is 32.1. The molecule has 2 amide bonds. The van der Waals surface area contributed by atoms with Crippen LogP contribution in [0.5, 0.6) is 5.75 Å². The third kappa shape index (κ3) is 5.60. The van der Waals surface area contributed by atoms with Gasteiger partial charge >= 0.3 is 0 Å². The molecule has 0 bridgehead atoms. The number of amides is 2. The molecule has 1 heterocycles. The largest absolute Gasteiger partial charge is 0.493 e. The van der Waals surface area contributed by atoms with Gasteiger partial charge in [0, 0.05) is 36.1 Å². The van der Waals surface area contributed by atoms with Crippen LogP contribution in [0.4, 0.5) is 0 Å². The van der Waals surface area contributed by atoms with Gasteiger partial charge in [0.1, 0.15) is 5.75 Å². The molecule has 0 radical (unpaired) electrons. The predicted molar refractivity (Wildman–Crippen MR) is 136 cm³/mol. The molecule has 7 nitrogen and oxygen atoms in total. The highest BCUT2D eigenvalue weighted by Gasteiger charge is 2.14. The number of nitrogens with one attached hydrogen (secondary N) is 3. The van der Waals surface area contributed by atoms with Gasteiger partial charge in [-0.2, -0.15) is 0 Å². The number of hydrogen-bond donors (Lipinski definition) is 3. The maximum Gasteiger partial charge on any atom is 0.271 e. The van der Waals surface area contributed by atoms with Crippen molar-refractivity contribution < 1.29 is 14.3 Å². The molecule has 0 saturated heterocycles. The van der Waals surface area contributed by atoms with E-state index in [1.165, 1.54) is 5.56 Å². The number of nitrogens with zero attached hydrogens (tertiary/aromatic N) is 1. The first-order chi connectivity index (χ1) is 16.5. The summed E-state index contributed by atoms with van der Waals surface area (Å²) in [7, 11) is 1.87. The van der Waals surface area contributed by atoms with Gasteiger partial charge in [0.2, 0.25) is 0 Å². The Hall–Kier alpha value is -4.17. The van der Waals surface area contributed by atoms with Gasteiger partial charge in [0.25, 0.3) is 11.8 Å². The molecule has 3 N–H and O–H groups in total. The van der Waals surface area contributed by atoms with Gasteiger partial charge in [-0.25, -0.2) is 0 Å². The molecule has 8 heteroatoms. The Balaban J connectivity index is 1.25. The number of carbonyl (C=O) groups excluding carboxylic acids is 2. The maximum absolute atomic E-state index is 12.6. The van der Waals surface area contributed by atoms with Gasteiger partial charge in [-0.1, -0.05) is 48.5 Å². The van der Waals surface area contributed by atoms with Crippen LogP contribution in [0, 0.1) is 0 Å². The molecule has 0 aliphatic carbocycles. The lowest BCUT2D eigenvalue weighted by atomic mass is 10.2. The van der Waals surface area contributed by atoms with E-state index >= 15 is 0 Å². The van der Waals surface area contributed by atoms with Crippen molar-refractivity contribution in [2.45, 2.75) is 6.42 Å². The number of aromatic nitrogens is 1. The summed E-state index contributed by atoms with van der Waals surface area (Å²) in [5.41, 5.74) is 8.17. The van der Waals surface area contributed by atoms with Crippen LogP contribution in [0.25, 0.3) is 10.9 Å². The van der Waals surface area contributed by atoms with E-state index in [9.17, 15) is 9.59 Å². The van der Waals surface area contributed by atoms with E-state index < -0.39 is 5.91 Å². The Kier molecular flexibility index (Phi) is 7.19. The molecule has 0 aliphatic rings. The van der Waals surface area contributed by atoms with Gasteiger partial charge in [-0.15, -0.1) is 0 Å². The Bertz CT molecular complexity index is 1320. The highest BCUT2D eigenvalue weighted by Crippen LogP contribution is 2.19. The average molecular weight is 473 g/mol. The molecule has 0 fully saturated rings. The number of hydrazine groups is 1. The number of hydrogen-bond acceptors (Lipinski definition) is 4. The highest BCUT2D eigenvalue weighted by molar-refractivity contribution is 7.80. The summed E-state index contributed by atoms with van der Waals surface area (Å²) in [4.78, 5) is 25.0. The fourth-order valence-corrected chi connectivity index (χ4v) is 3.69. The normalized spacial score (nSPS) is 10.5. The SMILES string of the molecule is Cn1cc(C(=O)NNC(=S)NC(=O)c2ccc(OCCc3ccccc3)cc2)c2ccccc21. The first kappa shape index (κ1) is 23.0. The Morgan fingerprint density at radius 2 is 1.59 bits per heavy atom. The molecule has 34 heavy (non-hydrogen) atoms. The summed E-state index contributed by atoms with van der Waals surface area (Å²) in [6, 6.07) is 24.5. The molecule has 1 aromatic heterocycles. The molecule has 0 spiro atoms. The van der Waals surface area contributed by atoms with Crippen LogP contribution < -0.4 is 20.9 Å². The number of benzene rings is 3. The zero-order chi connectivity index (χ0) is 23.9. The van der Waals surface area contributed by atoms with Crippen LogP contribution >= 0.6 is 12.2 Å². The smallest absolute Gasteiger partial charge is 0.271 e. The van der Waals surface area contributed by atoms with Crippen molar-refractivity contribution in [3.63, 3.8) is 0 Å². The van der Waals surface area contributed by atoms with Crippen molar-refractivity contribution in [3.8, 4) is 5.75 Å². The maximum atomic E-state index is 12.6. The molecule has 4 aromatic rings. The number of para-hydroxylation sites is 1. The zero-order valence-corrected chi connectivity index (χ0v) is 19.4. The first-order valence-corrected chi connectivity index (χ1v) is 11.1. The van der Waals surface area contributed by atoms with Gasteiger partial charge < -0.3 is 9.30 Å². The zero-order valence-electron chi connectivity index (χ0n) is 18.6. The summed E-state index contributed by atoms with van der Waals surface area (Å²) < 4.78 is 7.62. The number of fused-ring (bicyclic) bond motifs is 1. The molecule has 0 unspecified atom stereocenters. The first-order valence-electron chi connectivity index (χ1n) is 10.7. The second-order valence-corrected chi connectivity index (χ2v) is 8.05. The van der Waals surface area contributed by atoms with Gasteiger partial charge in [-0.3, -0.25) is 25.8 Å². The van der Waals surface area contributed by atoms with E-state index in [0.717, 1.165) is 17.3 Å². The summed E-state index contributed by atoms with van der Waals surface area (Å²) >= 11 is 5.14. The van der Waals surface area contributed by atoms with E-state index in [2.05, 4.69) is 28.3 Å². The Morgan fingerprint density at radius 3 is 2.35 bits per heavy atom. The Labute approximate surface area is 202 Å². The van der Waals surface area contributed by atoms with Gasteiger partial charge in [0.05, 0.1) is 12.2 Å². The quantitative estimate of drug-likeness (QED) is 0.294. The number of rotatable bonds is 6. The van der Waals surface area contributed by atoms with E-state index in [1.54, 1.807) is 30.5 Å². The number of ether oxygens (including phenoxy) is 1. The van der Waals surface area contributed by atoms with Crippen molar-refractivity contribution in [2.24, 2.45) is 7.05 Å². The second-order valence-electron chi connectivity index (χ2n) is 7.64. The van der Waals surface area contributed by atoms with E-state index in [1.807, 2.05) is 54.1 Å². The summed E-state index contributed by atoms with van der Waals surface area (Å²) in [6.45, 7) is 0.542. The van der Waals surface area contributed by atoms with Crippen LogP contribution in [0.15, 0.2) is 85.1 Å². The molecule has 4 rings (SSSR count). The minimum absolute atomic E-state index is 0.0122. The average Bonchev–Trinajstić information content (AvgIpc) is 3.20.